The Kier molecular flexibility index (Phi) is 3.40. The number of carbonyl (C=O) groups excluding carboxylic acids is 1. The Morgan fingerprint density at radius 2 is 1.92 bits per heavy atom. The average molecular weight is 348 g/mol. The van der Waals surface area contributed by atoms with Crippen molar-refractivity contribution in [1.29, 1.82) is 0 Å². The highest BCUT2D eigenvalue weighted by Gasteiger charge is 2.74. The van der Waals surface area contributed by atoms with Gasteiger partial charge >= 0.3 is 0 Å². The summed E-state index contributed by atoms with van der Waals surface area (Å²) >= 11 is 0. The van der Waals surface area contributed by atoms with E-state index < -0.39 is 16.9 Å². The van der Waals surface area contributed by atoms with Crippen molar-refractivity contribution in [1.82, 2.24) is 0 Å². The average Bonchev–Trinajstić information content (AvgIpc) is 2.72. The summed E-state index contributed by atoms with van der Waals surface area (Å²) in [5.74, 6) is -0.782. The number of terminal acetylenes is 1. The SMILES string of the molecule is C#C[C@]1(O)C(F)(F)C[C@H]2[C@@H]3CCC4=CC(=O)CC[C@]4(C)[C@H]3CC[C@@]21C. The van der Waals surface area contributed by atoms with E-state index in [2.05, 4.69) is 12.8 Å². The van der Waals surface area contributed by atoms with Crippen LogP contribution in [0.4, 0.5) is 8.78 Å². The number of fused-ring (bicyclic) bond motifs is 5. The van der Waals surface area contributed by atoms with E-state index in [1.165, 1.54) is 5.57 Å². The summed E-state index contributed by atoms with van der Waals surface area (Å²) in [5, 5.41) is 10.8. The molecule has 0 aliphatic heterocycles. The maximum atomic E-state index is 14.7. The molecule has 0 bridgehead atoms. The van der Waals surface area contributed by atoms with Gasteiger partial charge in [0.05, 0.1) is 0 Å². The first-order chi connectivity index (χ1) is 11.6. The third kappa shape index (κ3) is 1.91. The van der Waals surface area contributed by atoms with Crippen LogP contribution in [0.25, 0.3) is 0 Å². The summed E-state index contributed by atoms with van der Waals surface area (Å²) in [7, 11) is 0. The van der Waals surface area contributed by atoms with E-state index in [-0.39, 0.29) is 29.5 Å². The van der Waals surface area contributed by atoms with Gasteiger partial charge in [0.15, 0.2) is 11.4 Å². The molecule has 6 atom stereocenters. The number of halogens is 2. The Balaban J connectivity index is 1.75. The van der Waals surface area contributed by atoms with Crippen molar-refractivity contribution >= 4 is 5.78 Å². The van der Waals surface area contributed by atoms with Crippen molar-refractivity contribution in [2.75, 3.05) is 0 Å². The van der Waals surface area contributed by atoms with Crippen molar-refractivity contribution < 1.29 is 18.7 Å². The largest absolute Gasteiger partial charge is 0.372 e. The number of carbonyl (C=O) groups is 1. The Morgan fingerprint density at radius 3 is 2.60 bits per heavy atom. The summed E-state index contributed by atoms with van der Waals surface area (Å²) in [5.41, 5.74) is -2.14. The first-order valence-electron chi connectivity index (χ1n) is 9.41. The molecule has 4 aliphatic rings. The predicted octanol–water partition coefficient (Wildman–Crippen LogP) is 4.13. The molecule has 1 N–H and O–H groups in total. The van der Waals surface area contributed by atoms with Crippen molar-refractivity contribution in [2.24, 2.45) is 28.6 Å². The quantitative estimate of drug-likeness (QED) is 0.669. The molecule has 136 valence electrons. The molecule has 25 heavy (non-hydrogen) atoms. The van der Waals surface area contributed by atoms with Gasteiger partial charge in [0, 0.05) is 18.3 Å². The first-order valence-corrected chi connectivity index (χ1v) is 9.41. The fourth-order valence-electron chi connectivity index (χ4n) is 6.82. The molecule has 0 spiro atoms. The Bertz CT molecular complexity index is 705. The molecule has 0 saturated heterocycles. The van der Waals surface area contributed by atoms with Crippen LogP contribution in [0.15, 0.2) is 11.6 Å². The van der Waals surface area contributed by atoms with E-state index in [0.29, 0.717) is 18.8 Å². The van der Waals surface area contributed by atoms with E-state index in [1.807, 2.05) is 6.08 Å². The van der Waals surface area contributed by atoms with Crippen LogP contribution in [0.3, 0.4) is 0 Å². The van der Waals surface area contributed by atoms with Crippen molar-refractivity contribution in [3.63, 3.8) is 0 Å². The lowest BCUT2D eigenvalue weighted by Crippen LogP contribution is -2.57. The highest BCUT2D eigenvalue weighted by atomic mass is 19.3. The van der Waals surface area contributed by atoms with E-state index in [4.69, 9.17) is 6.42 Å². The second kappa shape index (κ2) is 4.94. The summed E-state index contributed by atoms with van der Waals surface area (Å²) in [4.78, 5) is 11.8. The standard InChI is InChI=1S/C21H26F2O2/c1-4-20(25)19(3)10-8-16-15(17(19)12-21(20,22)23)6-5-13-11-14(24)7-9-18(13,16)2/h1,11,15-17,25H,5-10,12H2,2-3H3/t15-,16+,17+,18+,19+,20-/m1/s1. The van der Waals surface area contributed by atoms with Gasteiger partial charge in [-0.1, -0.05) is 25.3 Å². The van der Waals surface area contributed by atoms with E-state index >= 15 is 0 Å². The van der Waals surface area contributed by atoms with Crippen LogP contribution in [-0.2, 0) is 4.79 Å². The summed E-state index contributed by atoms with van der Waals surface area (Å²) in [6.45, 7) is 3.98. The lowest BCUT2D eigenvalue weighted by atomic mass is 9.46. The number of hydrogen-bond acceptors (Lipinski definition) is 2. The molecule has 0 aromatic carbocycles. The smallest absolute Gasteiger partial charge is 0.288 e. The lowest BCUT2D eigenvalue weighted by molar-refractivity contribution is -0.175. The fourth-order valence-corrected chi connectivity index (χ4v) is 6.82. The number of allylic oxidation sites excluding steroid dienone is 1. The maximum Gasteiger partial charge on any atom is 0.288 e. The van der Waals surface area contributed by atoms with E-state index in [1.54, 1.807) is 6.92 Å². The number of ketones is 1. The molecule has 4 aliphatic carbocycles. The molecule has 0 radical (unpaired) electrons. The van der Waals surface area contributed by atoms with Crippen LogP contribution in [0.1, 0.15) is 58.8 Å². The van der Waals surface area contributed by atoms with Gasteiger partial charge in [-0.2, -0.15) is 0 Å². The lowest BCUT2D eigenvalue weighted by Gasteiger charge is -2.58. The van der Waals surface area contributed by atoms with Gasteiger partial charge in [-0.15, -0.1) is 6.42 Å². The van der Waals surface area contributed by atoms with Gasteiger partial charge in [0.2, 0.25) is 0 Å². The minimum absolute atomic E-state index is 0.0652. The zero-order valence-corrected chi connectivity index (χ0v) is 14.9. The minimum Gasteiger partial charge on any atom is -0.372 e. The third-order valence-electron chi connectivity index (χ3n) is 8.39. The second-order valence-electron chi connectivity index (χ2n) is 9.19. The van der Waals surface area contributed by atoms with Crippen LogP contribution in [0.5, 0.6) is 0 Å². The van der Waals surface area contributed by atoms with Crippen molar-refractivity contribution in [3.8, 4) is 12.3 Å². The van der Waals surface area contributed by atoms with Gasteiger partial charge in [-0.05, 0) is 61.3 Å². The van der Waals surface area contributed by atoms with Gasteiger partial charge in [-0.3, -0.25) is 4.79 Å². The van der Waals surface area contributed by atoms with Crippen LogP contribution < -0.4 is 0 Å². The highest BCUT2D eigenvalue weighted by molar-refractivity contribution is 5.91. The van der Waals surface area contributed by atoms with Gasteiger partial charge in [-0.25, -0.2) is 8.78 Å². The van der Waals surface area contributed by atoms with Gasteiger partial charge < -0.3 is 5.11 Å². The Hall–Kier alpha value is -1.21. The van der Waals surface area contributed by atoms with Crippen LogP contribution in [0.2, 0.25) is 0 Å². The van der Waals surface area contributed by atoms with Crippen molar-refractivity contribution in [2.45, 2.75) is 70.3 Å². The molecule has 0 unspecified atom stereocenters. The van der Waals surface area contributed by atoms with Crippen LogP contribution in [-0.4, -0.2) is 22.4 Å². The van der Waals surface area contributed by atoms with Crippen molar-refractivity contribution in [3.05, 3.63) is 11.6 Å². The number of aliphatic hydroxyl groups is 1. The molecule has 3 fully saturated rings. The molecule has 4 rings (SSSR count). The van der Waals surface area contributed by atoms with Crippen LogP contribution >= 0.6 is 0 Å². The third-order valence-corrected chi connectivity index (χ3v) is 8.39. The molecular weight excluding hydrogens is 322 g/mol. The Labute approximate surface area is 148 Å². The van der Waals surface area contributed by atoms with Gasteiger partial charge in [0.1, 0.15) is 0 Å². The molecule has 0 aromatic heterocycles. The summed E-state index contributed by atoms with van der Waals surface area (Å²) in [6, 6.07) is 0. The predicted molar refractivity (Wildman–Crippen MR) is 90.8 cm³/mol. The molecule has 4 heteroatoms. The maximum absolute atomic E-state index is 14.7. The second-order valence-corrected chi connectivity index (χ2v) is 9.19. The zero-order valence-electron chi connectivity index (χ0n) is 14.9. The fraction of sp³-hybridized carbons (Fsp3) is 0.762. The highest BCUT2D eigenvalue weighted by Crippen LogP contribution is 2.70. The molecule has 0 amide bonds. The Morgan fingerprint density at radius 1 is 1.20 bits per heavy atom. The van der Waals surface area contributed by atoms with Gasteiger partial charge in [0.25, 0.3) is 5.92 Å². The molecular formula is C21H26F2O2. The van der Waals surface area contributed by atoms with E-state index in [9.17, 15) is 18.7 Å². The molecule has 0 aromatic rings. The minimum atomic E-state index is -3.24. The number of alkyl halides is 2. The first kappa shape index (κ1) is 17.2. The zero-order chi connectivity index (χ0) is 18.3. The molecule has 2 nitrogen and oxygen atoms in total. The monoisotopic (exact) mass is 348 g/mol. The summed E-state index contributed by atoms with van der Waals surface area (Å²) < 4.78 is 29.5. The molecule has 0 heterocycles. The summed E-state index contributed by atoms with van der Waals surface area (Å²) in [6.07, 6.45) is 11.2. The molecule has 3 saturated carbocycles. The number of rotatable bonds is 0. The normalized spacial score (nSPS) is 51.0. The topological polar surface area (TPSA) is 37.3 Å². The van der Waals surface area contributed by atoms with Crippen LogP contribution in [0, 0.1) is 40.9 Å². The van der Waals surface area contributed by atoms with E-state index in [0.717, 1.165) is 25.7 Å². The number of hydrogen-bond donors (Lipinski definition) is 1.